The third-order valence-electron chi connectivity index (χ3n) is 2.77. The first-order chi connectivity index (χ1) is 8.95. The fraction of sp³-hybridized carbons (Fsp3) is 0.615. The summed E-state index contributed by atoms with van der Waals surface area (Å²) in [5, 5.41) is 0. The zero-order chi connectivity index (χ0) is 15.7. The molecule has 0 aliphatic rings. The van der Waals surface area contributed by atoms with Crippen LogP contribution < -0.4 is 0 Å². The molecule has 1 rings (SSSR count). The van der Waals surface area contributed by atoms with Gasteiger partial charge in [0, 0.05) is 37.0 Å². The van der Waals surface area contributed by atoms with Crippen LogP contribution in [0.5, 0.6) is 0 Å². The smallest absolute Gasteiger partial charge is 0.270 e. The maximum absolute atomic E-state index is 12.4. The molecule has 0 N–H and O–H groups in total. The molecule has 0 aromatic carbocycles. The van der Waals surface area contributed by atoms with Gasteiger partial charge in [-0.1, -0.05) is 20.8 Å². The largest absolute Gasteiger partial charge is 0.342 e. The minimum absolute atomic E-state index is 0.0323. The van der Waals surface area contributed by atoms with Gasteiger partial charge in [0.15, 0.2) is 0 Å². The van der Waals surface area contributed by atoms with Gasteiger partial charge in [-0.15, -0.1) is 0 Å². The van der Waals surface area contributed by atoms with Crippen LogP contribution in [0.25, 0.3) is 0 Å². The Morgan fingerprint density at radius 3 is 2.35 bits per heavy atom. The SMILES string of the molecule is CCn1cc(S(=O)(=O)Cl)cc1C(=O)N(C)CC(C)(C)C. The van der Waals surface area contributed by atoms with Crippen molar-refractivity contribution in [2.24, 2.45) is 5.41 Å². The number of hydrogen-bond acceptors (Lipinski definition) is 3. The Kier molecular flexibility index (Phi) is 4.92. The molecule has 0 radical (unpaired) electrons. The van der Waals surface area contributed by atoms with Gasteiger partial charge in [0.2, 0.25) is 0 Å². The quantitative estimate of drug-likeness (QED) is 0.801. The van der Waals surface area contributed by atoms with Crippen molar-refractivity contribution in [3.05, 3.63) is 18.0 Å². The van der Waals surface area contributed by atoms with E-state index in [1.165, 1.54) is 12.3 Å². The summed E-state index contributed by atoms with van der Waals surface area (Å²) in [6.07, 6.45) is 1.39. The van der Waals surface area contributed by atoms with Crippen molar-refractivity contribution in [2.75, 3.05) is 13.6 Å². The molecule has 5 nitrogen and oxygen atoms in total. The maximum Gasteiger partial charge on any atom is 0.270 e. The molecule has 1 amide bonds. The summed E-state index contributed by atoms with van der Waals surface area (Å²) in [6, 6.07) is 1.33. The van der Waals surface area contributed by atoms with Gasteiger partial charge in [0.1, 0.15) is 10.6 Å². The topological polar surface area (TPSA) is 59.4 Å². The van der Waals surface area contributed by atoms with Crippen LogP contribution in [0.15, 0.2) is 17.2 Å². The number of aromatic nitrogens is 1. The second-order valence-electron chi connectivity index (χ2n) is 6.01. The first kappa shape index (κ1) is 17.0. The Labute approximate surface area is 124 Å². The number of carbonyl (C=O) groups excluding carboxylic acids is 1. The van der Waals surface area contributed by atoms with E-state index >= 15 is 0 Å². The minimum Gasteiger partial charge on any atom is -0.342 e. The van der Waals surface area contributed by atoms with E-state index in [4.69, 9.17) is 10.7 Å². The zero-order valence-corrected chi connectivity index (χ0v) is 14.0. The predicted molar refractivity (Wildman–Crippen MR) is 79.6 cm³/mol. The molecular formula is C13H21ClN2O3S. The second-order valence-corrected chi connectivity index (χ2v) is 8.57. The van der Waals surface area contributed by atoms with Crippen LogP contribution in [0, 0.1) is 5.41 Å². The number of rotatable bonds is 4. The lowest BCUT2D eigenvalue weighted by atomic mass is 9.96. The molecule has 7 heteroatoms. The first-order valence-electron chi connectivity index (χ1n) is 6.36. The number of nitrogens with zero attached hydrogens (tertiary/aromatic N) is 2. The normalized spacial score (nSPS) is 12.5. The number of aryl methyl sites for hydroxylation is 1. The Balaban J connectivity index is 3.13. The molecule has 20 heavy (non-hydrogen) atoms. The molecule has 0 saturated carbocycles. The fourth-order valence-corrected chi connectivity index (χ4v) is 2.80. The Morgan fingerprint density at radius 1 is 1.40 bits per heavy atom. The lowest BCUT2D eigenvalue weighted by molar-refractivity contribution is 0.0735. The molecule has 0 fully saturated rings. The average molecular weight is 321 g/mol. The molecule has 114 valence electrons. The van der Waals surface area contributed by atoms with Crippen LogP contribution in [0.3, 0.4) is 0 Å². The van der Waals surface area contributed by atoms with Gasteiger partial charge in [-0.2, -0.15) is 0 Å². The van der Waals surface area contributed by atoms with Crippen molar-refractivity contribution in [3.63, 3.8) is 0 Å². The standard InChI is InChI=1S/C13H21ClN2O3S/c1-6-16-8-10(20(14,18)19)7-11(16)12(17)15(5)9-13(2,3)4/h7-8H,6,9H2,1-5H3. The lowest BCUT2D eigenvalue weighted by Crippen LogP contribution is -2.35. The van der Waals surface area contributed by atoms with E-state index in [1.54, 1.807) is 16.5 Å². The molecule has 1 aromatic heterocycles. The van der Waals surface area contributed by atoms with Crippen LogP contribution in [0.1, 0.15) is 38.2 Å². The summed E-state index contributed by atoms with van der Waals surface area (Å²) >= 11 is 0. The highest BCUT2D eigenvalue weighted by Gasteiger charge is 2.24. The van der Waals surface area contributed by atoms with Gasteiger partial charge in [0.25, 0.3) is 15.0 Å². The van der Waals surface area contributed by atoms with Crippen LogP contribution >= 0.6 is 10.7 Å². The molecule has 0 spiro atoms. The number of amides is 1. The third kappa shape index (κ3) is 4.24. The van der Waals surface area contributed by atoms with E-state index in [9.17, 15) is 13.2 Å². The van der Waals surface area contributed by atoms with E-state index < -0.39 is 9.05 Å². The van der Waals surface area contributed by atoms with Gasteiger partial charge < -0.3 is 9.47 Å². The second kappa shape index (κ2) is 5.77. The van der Waals surface area contributed by atoms with E-state index in [1.807, 2.05) is 27.7 Å². The van der Waals surface area contributed by atoms with E-state index in [0.29, 0.717) is 18.8 Å². The summed E-state index contributed by atoms with van der Waals surface area (Å²) in [5.74, 6) is -0.214. The molecule has 1 heterocycles. The molecule has 1 aromatic rings. The van der Waals surface area contributed by atoms with Crippen molar-refractivity contribution in [3.8, 4) is 0 Å². The number of halogens is 1. The Bertz CT molecular complexity index is 600. The van der Waals surface area contributed by atoms with Crippen LogP contribution in [-0.4, -0.2) is 37.4 Å². The molecule has 0 aliphatic heterocycles. The van der Waals surface area contributed by atoms with Gasteiger partial charge in [-0.25, -0.2) is 8.42 Å². The minimum atomic E-state index is -3.83. The Hall–Kier alpha value is -1.01. The summed E-state index contributed by atoms with van der Waals surface area (Å²) in [5.41, 5.74) is 0.300. The van der Waals surface area contributed by atoms with E-state index in [2.05, 4.69) is 0 Å². The van der Waals surface area contributed by atoms with Crippen molar-refractivity contribution in [1.29, 1.82) is 0 Å². The molecule has 0 aliphatic carbocycles. The van der Waals surface area contributed by atoms with E-state index in [0.717, 1.165) is 0 Å². The predicted octanol–water partition coefficient (Wildman–Crippen LogP) is 2.55. The lowest BCUT2D eigenvalue weighted by Gasteiger charge is -2.26. The van der Waals surface area contributed by atoms with Crippen molar-refractivity contribution in [2.45, 2.75) is 39.1 Å². The first-order valence-corrected chi connectivity index (χ1v) is 8.67. The van der Waals surface area contributed by atoms with Gasteiger partial charge in [0.05, 0.1) is 0 Å². The zero-order valence-electron chi connectivity index (χ0n) is 12.5. The van der Waals surface area contributed by atoms with Crippen molar-refractivity contribution < 1.29 is 13.2 Å². The summed E-state index contributed by atoms with van der Waals surface area (Å²) in [4.78, 5) is 14.0. The van der Waals surface area contributed by atoms with Crippen molar-refractivity contribution in [1.82, 2.24) is 9.47 Å². The highest BCUT2D eigenvalue weighted by Crippen LogP contribution is 2.21. The summed E-state index contributed by atoms with van der Waals surface area (Å²) < 4.78 is 24.3. The van der Waals surface area contributed by atoms with Gasteiger partial charge in [-0.3, -0.25) is 4.79 Å². The highest BCUT2D eigenvalue weighted by atomic mass is 35.7. The fourth-order valence-electron chi connectivity index (χ4n) is 2.04. The number of carbonyl (C=O) groups is 1. The molecular weight excluding hydrogens is 300 g/mol. The maximum atomic E-state index is 12.4. The van der Waals surface area contributed by atoms with Gasteiger partial charge in [-0.05, 0) is 18.4 Å². The van der Waals surface area contributed by atoms with Crippen molar-refractivity contribution >= 4 is 25.6 Å². The van der Waals surface area contributed by atoms with Crippen LogP contribution in [0.4, 0.5) is 0 Å². The average Bonchev–Trinajstić information content (AvgIpc) is 2.68. The van der Waals surface area contributed by atoms with Crippen LogP contribution in [-0.2, 0) is 15.6 Å². The molecule has 0 bridgehead atoms. The third-order valence-corrected chi connectivity index (χ3v) is 4.09. The molecule has 0 atom stereocenters. The summed E-state index contributed by atoms with van der Waals surface area (Å²) in [7, 11) is 3.20. The summed E-state index contributed by atoms with van der Waals surface area (Å²) in [6.45, 7) is 9.00. The highest BCUT2D eigenvalue weighted by molar-refractivity contribution is 8.13. The van der Waals surface area contributed by atoms with Gasteiger partial charge >= 0.3 is 0 Å². The van der Waals surface area contributed by atoms with Crippen LogP contribution in [0.2, 0.25) is 0 Å². The molecule has 0 unspecified atom stereocenters. The Morgan fingerprint density at radius 2 is 1.95 bits per heavy atom. The molecule has 0 saturated heterocycles. The monoisotopic (exact) mass is 320 g/mol. The number of hydrogen-bond donors (Lipinski definition) is 0. The van der Waals surface area contributed by atoms with E-state index in [-0.39, 0.29) is 16.2 Å².